The Hall–Kier alpha value is -2.40. The molecule has 2 heterocycles. The number of likely N-dealkylation sites (tertiary alicyclic amines) is 1. The van der Waals surface area contributed by atoms with Crippen LogP contribution in [-0.4, -0.2) is 36.0 Å². The van der Waals surface area contributed by atoms with Gasteiger partial charge < -0.3 is 10.1 Å². The summed E-state index contributed by atoms with van der Waals surface area (Å²) in [5.41, 5.74) is 4.86. The quantitative estimate of drug-likeness (QED) is 0.711. The second kappa shape index (κ2) is 9.82. The maximum absolute atomic E-state index is 12.8. The van der Waals surface area contributed by atoms with E-state index in [0.717, 1.165) is 56.8 Å². The van der Waals surface area contributed by atoms with Crippen LogP contribution in [0, 0.1) is 25.7 Å². The van der Waals surface area contributed by atoms with Crippen molar-refractivity contribution in [2.24, 2.45) is 11.8 Å². The summed E-state index contributed by atoms with van der Waals surface area (Å²) < 4.78 is 5.48. The minimum atomic E-state index is -0.0178. The largest absolute Gasteiger partial charge is 0.496 e. The smallest absolute Gasteiger partial charge is 0.223 e. The van der Waals surface area contributed by atoms with Gasteiger partial charge in [0.1, 0.15) is 5.75 Å². The number of piperidine rings is 1. The Morgan fingerprint density at radius 1 is 1.16 bits per heavy atom. The molecule has 0 spiro atoms. The first-order valence-electron chi connectivity index (χ1n) is 11.6. The van der Waals surface area contributed by atoms with Crippen molar-refractivity contribution in [1.29, 1.82) is 0 Å². The van der Waals surface area contributed by atoms with Gasteiger partial charge in [-0.05, 0) is 86.9 Å². The van der Waals surface area contributed by atoms with Crippen LogP contribution in [0.1, 0.15) is 60.5 Å². The molecular formula is C26H35N3O2. The van der Waals surface area contributed by atoms with Gasteiger partial charge in [-0.25, -0.2) is 0 Å². The number of carbonyl (C=O) groups is 1. The van der Waals surface area contributed by atoms with Gasteiger partial charge in [0.05, 0.1) is 18.8 Å². The van der Waals surface area contributed by atoms with Crippen LogP contribution in [0.15, 0.2) is 36.5 Å². The molecule has 2 aromatic rings. The van der Waals surface area contributed by atoms with E-state index in [2.05, 4.69) is 47.2 Å². The SMILES string of the molecule is COc1ccc(CN2CCCC(C(NC(=O)C3CCC3)c3ccccn3)C2)c(C)c1C. The Morgan fingerprint density at radius 3 is 2.68 bits per heavy atom. The third-order valence-electron chi connectivity index (χ3n) is 7.26. The fraction of sp³-hybridized carbons (Fsp3) is 0.538. The second-order valence-corrected chi connectivity index (χ2v) is 9.18. The van der Waals surface area contributed by atoms with Crippen LogP contribution in [0.5, 0.6) is 5.75 Å². The van der Waals surface area contributed by atoms with Crippen LogP contribution in [0.4, 0.5) is 0 Å². The van der Waals surface area contributed by atoms with E-state index in [4.69, 9.17) is 4.74 Å². The summed E-state index contributed by atoms with van der Waals surface area (Å²) in [6.07, 6.45) is 7.30. The minimum absolute atomic E-state index is 0.0178. The van der Waals surface area contributed by atoms with Gasteiger partial charge in [-0.1, -0.05) is 18.6 Å². The number of ether oxygens (including phenoxy) is 1. The molecule has 2 fully saturated rings. The van der Waals surface area contributed by atoms with Gasteiger partial charge in [-0.3, -0.25) is 14.7 Å². The summed E-state index contributed by atoms with van der Waals surface area (Å²) in [5.74, 6) is 1.72. The van der Waals surface area contributed by atoms with Crippen molar-refractivity contribution in [3.63, 3.8) is 0 Å². The highest BCUT2D eigenvalue weighted by atomic mass is 16.5. The first kappa shape index (κ1) is 21.8. The topological polar surface area (TPSA) is 54.5 Å². The number of amides is 1. The van der Waals surface area contributed by atoms with Crippen LogP contribution in [0.2, 0.25) is 0 Å². The van der Waals surface area contributed by atoms with Gasteiger partial charge in [0.15, 0.2) is 0 Å². The Labute approximate surface area is 186 Å². The number of nitrogens with zero attached hydrogens (tertiary/aromatic N) is 2. The van der Waals surface area contributed by atoms with Crippen molar-refractivity contribution in [2.75, 3.05) is 20.2 Å². The highest BCUT2D eigenvalue weighted by molar-refractivity contribution is 5.79. The molecule has 1 N–H and O–H groups in total. The van der Waals surface area contributed by atoms with E-state index >= 15 is 0 Å². The average molecular weight is 422 g/mol. The Kier molecular flexibility index (Phi) is 6.91. The lowest BCUT2D eigenvalue weighted by Gasteiger charge is -2.38. The number of aromatic nitrogens is 1. The molecule has 0 radical (unpaired) electrons. The Morgan fingerprint density at radius 2 is 2.00 bits per heavy atom. The van der Waals surface area contributed by atoms with Gasteiger partial charge >= 0.3 is 0 Å². The third-order valence-corrected chi connectivity index (χ3v) is 7.26. The van der Waals surface area contributed by atoms with Crippen molar-refractivity contribution in [2.45, 2.75) is 58.5 Å². The van der Waals surface area contributed by atoms with Gasteiger partial charge in [0.25, 0.3) is 0 Å². The summed E-state index contributed by atoms with van der Waals surface area (Å²) in [6.45, 7) is 7.30. The van der Waals surface area contributed by atoms with E-state index in [1.807, 2.05) is 18.3 Å². The highest BCUT2D eigenvalue weighted by Crippen LogP contribution is 2.33. The van der Waals surface area contributed by atoms with Gasteiger partial charge in [-0.15, -0.1) is 0 Å². The molecule has 5 nitrogen and oxygen atoms in total. The Balaban J connectivity index is 1.49. The zero-order valence-corrected chi connectivity index (χ0v) is 19.1. The molecule has 166 valence electrons. The van der Waals surface area contributed by atoms with Crippen molar-refractivity contribution < 1.29 is 9.53 Å². The van der Waals surface area contributed by atoms with Crippen LogP contribution in [0.3, 0.4) is 0 Å². The summed E-state index contributed by atoms with van der Waals surface area (Å²) in [6, 6.07) is 10.3. The molecule has 1 saturated heterocycles. The molecule has 0 bridgehead atoms. The number of nitrogens with one attached hydrogen (secondary N) is 1. The summed E-state index contributed by atoms with van der Waals surface area (Å²) in [5, 5.41) is 3.38. The average Bonchev–Trinajstić information content (AvgIpc) is 2.75. The zero-order chi connectivity index (χ0) is 21.8. The van der Waals surface area contributed by atoms with Gasteiger partial charge in [0, 0.05) is 25.2 Å². The van der Waals surface area contributed by atoms with Gasteiger partial charge in [-0.2, -0.15) is 0 Å². The predicted octanol–water partition coefficient (Wildman–Crippen LogP) is 4.58. The fourth-order valence-electron chi connectivity index (χ4n) is 4.93. The van der Waals surface area contributed by atoms with Crippen LogP contribution >= 0.6 is 0 Å². The lowest BCUT2D eigenvalue weighted by molar-refractivity contribution is -0.128. The number of hydrogen-bond donors (Lipinski definition) is 1. The molecule has 2 aliphatic rings. The van der Waals surface area contributed by atoms with E-state index in [1.54, 1.807) is 7.11 Å². The van der Waals surface area contributed by atoms with Crippen molar-refractivity contribution in [1.82, 2.24) is 15.2 Å². The summed E-state index contributed by atoms with van der Waals surface area (Å²) in [4.78, 5) is 20.0. The van der Waals surface area contributed by atoms with Gasteiger partial charge in [0.2, 0.25) is 5.91 Å². The number of hydrogen-bond acceptors (Lipinski definition) is 4. The van der Waals surface area contributed by atoms with E-state index in [0.29, 0.717) is 5.92 Å². The number of pyridine rings is 1. The maximum atomic E-state index is 12.8. The first-order valence-corrected chi connectivity index (χ1v) is 11.6. The summed E-state index contributed by atoms with van der Waals surface area (Å²) >= 11 is 0. The molecular weight excluding hydrogens is 386 g/mol. The highest BCUT2D eigenvalue weighted by Gasteiger charge is 2.33. The molecule has 2 atom stereocenters. The van der Waals surface area contributed by atoms with Crippen LogP contribution < -0.4 is 10.1 Å². The lowest BCUT2D eigenvalue weighted by atomic mass is 9.83. The van der Waals surface area contributed by atoms with E-state index in [9.17, 15) is 4.79 Å². The van der Waals surface area contributed by atoms with Crippen molar-refractivity contribution >= 4 is 5.91 Å². The molecule has 31 heavy (non-hydrogen) atoms. The van der Waals surface area contributed by atoms with Crippen molar-refractivity contribution in [3.05, 3.63) is 58.9 Å². The van der Waals surface area contributed by atoms with E-state index in [-0.39, 0.29) is 17.9 Å². The first-order chi connectivity index (χ1) is 15.1. The molecule has 1 aromatic carbocycles. The molecule has 1 aliphatic heterocycles. The molecule has 2 unspecified atom stereocenters. The molecule has 1 saturated carbocycles. The monoisotopic (exact) mass is 421 g/mol. The fourth-order valence-corrected chi connectivity index (χ4v) is 4.93. The standard InChI is InChI=1S/C26H35N3O2/c1-18-19(2)24(31-3)13-12-21(18)16-29-15-7-10-22(17-29)25(23-11-4-5-14-27-23)28-26(30)20-8-6-9-20/h4-5,11-14,20,22,25H,6-10,15-17H2,1-3H3,(H,28,30). The molecule has 1 aromatic heterocycles. The maximum Gasteiger partial charge on any atom is 0.223 e. The zero-order valence-electron chi connectivity index (χ0n) is 19.1. The van der Waals surface area contributed by atoms with Crippen LogP contribution in [-0.2, 0) is 11.3 Å². The summed E-state index contributed by atoms with van der Waals surface area (Å²) in [7, 11) is 1.73. The van der Waals surface area contributed by atoms with E-state index in [1.165, 1.54) is 23.1 Å². The predicted molar refractivity (Wildman–Crippen MR) is 123 cm³/mol. The van der Waals surface area contributed by atoms with Crippen molar-refractivity contribution in [3.8, 4) is 5.75 Å². The number of methoxy groups -OCH3 is 1. The number of benzene rings is 1. The number of carbonyl (C=O) groups excluding carboxylic acids is 1. The lowest BCUT2D eigenvalue weighted by Crippen LogP contribution is -2.45. The second-order valence-electron chi connectivity index (χ2n) is 9.18. The van der Waals surface area contributed by atoms with Crippen LogP contribution in [0.25, 0.3) is 0 Å². The third kappa shape index (κ3) is 4.93. The minimum Gasteiger partial charge on any atom is -0.496 e. The van der Waals surface area contributed by atoms with E-state index < -0.39 is 0 Å². The molecule has 1 amide bonds. The molecule has 5 heteroatoms. The number of rotatable bonds is 7. The molecule has 4 rings (SSSR count). The Bertz CT molecular complexity index is 895. The molecule has 1 aliphatic carbocycles. The normalized spacial score (nSPS) is 20.7.